The standard InChI is InChI=1S/C11H13ClF3NO3/c1-18-8-3-6(4-16)2-7(12)10(8)19-5-9(17)11(13,14)15/h2-3,9,17H,4-5,16H2,1H3. The lowest BCUT2D eigenvalue weighted by atomic mass is 10.2. The predicted octanol–water partition coefficient (Wildman–Crippen LogP) is 2.11. The van der Waals surface area contributed by atoms with E-state index < -0.39 is 18.9 Å². The summed E-state index contributed by atoms with van der Waals surface area (Å²) >= 11 is 5.87. The summed E-state index contributed by atoms with van der Waals surface area (Å²) < 4.78 is 46.3. The summed E-state index contributed by atoms with van der Waals surface area (Å²) in [5.41, 5.74) is 6.07. The average Bonchev–Trinajstić information content (AvgIpc) is 2.34. The van der Waals surface area contributed by atoms with Crippen LogP contribution in [-0.4, -0.2) is 31.1 Å². The molecule has 0 amide bonds. The number of aliphatic hydroxyl groups is 1. The van der Waals surface area contributed by atoms with Gasteiger partial charge in [-0.05, 0) is 17.7 Å². The maximum atomic E-state index is 12.1. The largest absolute Gasteiger partial charge is 0.493 e. The first-order chi connectivity index (χ1) is 8.79. The van der Waals surface area contributed by atoms with E-state index in [0.717, 1.165) is 0 Å². The molecule has 1 rings (SSSR count). The van der Waals surface area contributed by atoms with Crippen molar-refractivity contribution >= 4 is 11.6 Å². The van der Waals surface area contributed by atoms with Gasteiger partial charge in [-0.2, -0.15) is 13.2 Å². The zero-order valence-corrected chi connectivity index (χ0v) is 10.8. The highest BCUT2D eigenvalue weighted by Crippen LogP contribution is 2.36. The van der Waals surface area contributed by atoms with Crippen LogP contribution < -0.4 is 15.2 Å². The van der Waals surface area contributed by atoms with Crippen LogP contribution in [0.15, 0.2) is 12.1 Å². The summed E-state index contributed by atoms with van der Waals surface area (Å²) in [6.45, 7) is -0.775. The summed E-state index contributed by atoms with van der Waals surface area (Å²) in [5, 5.41) is 8.91. The smallest absolute Gasteiger partial charge is 0.417 e. The van der Waals surface area contributed by atoms with E-state index in [0.29, 0.717) is 5.56 Å². The average molecular weight is 300 g/mol. The van der Waals surface area contributed by atoms with Crippen molar-refractivity contribution < 1.29 is 27.8 Å². The van der Waals surface area contributed by atoms with Crippen LogP contribution in [0.4, 0.5) is 13.2 Å². The number of hydrogen-bond donors (Lipinski definition) is 2. The molecule has 0 radical (unpaired) electrons. The van der Waals surface area contributed by atoms with Gasteiger partial charge in [-0.3, -0.25) is 0 Å². The third-order valence-corrected chi connectivity index (χ3v) is 2.57. The fourth-order valence-corrected chi connectivity index (χ4v) is 1.58. The molecule has 4 nitrogen and oxygen atoms in total. The molecule has 19 heavy (non-hydrogen) atoms. The van der Waals surface area contributed by atoms with Gasteiger partial charge in [0, 0.05) is 6.54 Å². The lowest BCUT2D eigenvalue weighted by molar-refractivity contribution is -0.210. The Morgan fingerprint density at radius 3 is 2.53 bits per heavy atom. The van der Waals surface area contributed by atoms with Crippen LogP contribution in [0.1, 0.15) is 5.56 Å². The maximum absolute atomic E-state index is 12.1. The van der Waals surface area contributed by atoms with E-state index in [2.05, 4.69) is 0 Å². The number of benzene rings is 1. The molecule has 8 heteroatoms. The van der Waals surface area contributed by atoms with Gasteiger partial charge in [0.15, 0.2) is 17.6 Å². The molecule has 0 aromatic heterocycles. The van der Waals surface area contributed by atoms with Crippen molar-refractivity contribution in [2.24, 2.45) is 5.73 Å². The van der Waals surface area contributed by atoms with E-state index in [1.807, 2.05) is 0 Å². The van der Waals surface area contributed by atoms with Crippen molar-refractivity contribution in [3.05, 3.63) is 22.7 Å². The minimum Gasteiger partial charge on any atom is -0.493 e. The summed E-state index contributed by atoms with van der Waals surface area (Å²) in [6.07, 6.45) is -7.35. The summed E-state index contributed by atoms with van der Waals surface area (Å²) in [4.78, 5) is 0. The molecular formula is C11H13ClF3NO3. The quantitative estimate of drug-likeness (QED) is 0.874. The van der Waals surface area contributed by atoms with E-state index in [9.17, 15) is 13.2 Å². The Balaban J connectivity index is 2.89. The minimum atomic E-state index is -4.75. The number of hydrogen-bond acceptors (Lipinski definition) is 4. The van der Waals surface area contributed by atoms with Gasteiger partial charge in [0.1, 0.15) is 6.61 Å². The first-order valence-corrected chi connectivity index (χ1v) is 5.61. The molecule has 0 bridgehead atoms. The first-order valence-electron chi connectivity index (χ1n) is 5.23. The molecule has 0 saturated heterocycles. The molecule has 0 spiro atoms. The molecule has 0 aliphatic carbocycles. The van der Waals surface area contributed by atoms with Crippen molar-refractivity contribution in [2.75, 3.05) is 13.7 Å². The summed E-state index contributed by atoms with van der Waals surface area (Å²) in [7, 11) is 1.32. The fourth-order valence-electron chi connectivity index (χ4n) is 1.29. The van der Waals surface area contributed by atoms with Crippen molar-refractivity contribution in [1.29, 1.82) is 0 Å². The van der Waals surface area contributed by atoms with Crippen molar-refractivity contribution in [3.8, 4) is 11.5 Å². The van der Waals surface area contributed by atoms with Crippen LogP contribution in [-0.2, 0) is 6.54 Å². The Labute approximate surface area is 112 Å². The number of ether oxygens (including phenoxy) is 2. The lowest BCUT2D eigenvalue weighted by Crippen LogP contribution is -2.34. The van der Waals surface area contributed by atoms with Gasteiger partial charge in [0.2, 0.25) is 0 Å². The van der Waals surface area contributed by atoms with Crippen molar-refractivity contribution in [3.63, 3.8) is 0 Å². The molecule has 1 aromatic carbocycles. The fraction of sp³-hybridized carbons (Fsp3) is 0.455. The summed E-state index contributed by atoms with van der Waals surface area (Å²) in [6, 6.07) is 2.96. The van der Waals surface area contributed by atoms with Crippen molar-refractivity contribution in [1.82, 2.24) is 0 Å². The molecule has 108 valence electrons. The molecule has 1 aromatic rings. The highest BCUT2D eigenvalue weighted by Gasteiger charge is 2.39. The van der Waals surface area contributed by atoms with E-state index >= 15 is 0 Å². The normalized spacial score (nSPS) is 13.2. The molecule has 0 saturated carbocycles. The van der Waals surface area contributed by atoms with Crippen LogP contribution in [0.2, 0.25) is 5.02 Å². The van der Waals surface area contributed by atoms with Gasteiger partial charge >= 0.3 is 6.18 Å². The molecule has 1 atom stereocenters. The highest BCUT2D eigenvalue weighted by molar-refractivity contribution is 6.32. The Hall–Kier alpha value is -1.18. The summed E-state index contributed by atoms with van der Waals surface area (Å²) in [5.74, 6) is 0.0898. The first kappa shape index (κ1) is 15.9. The molecule has 3 N–H and O–H groups in total. The van der Waals surface area contributed by atoms with E-state index in [4.69, 9.17) is 31.9 Å². The SMILES string of the molecule is COc1cc(CN)cc(Cl)c1OCC(O)C(F)(F)F. The number of methoxy groups -OCH3 is 1. The predicted molar refractivity (Wildman–Crippen MR) is 63.5 cm³/mol. The number of rotatable bonds is 5. The Morgan fingerprint density at radius 1 is 1.42 bits per heavy atom. The molecular weight excluding hydrogens is 287 g/mol. The monoisotopic (exact) mass is 299 g/mol. The molecule has 1 unspecified atom stereocenters. The molecule has 0 heterocycles. The van der Waals surface area contributed by atoms with E-state index in [-0.39, 0.29) is 23.1 Å². The number of aliphatic hydroxyl groups excluding tert-OH is 1. The second-order valence-electron chi connectivity index (χ2n) is 3.68. The van der Waals surface area contributed by atoms with Gasteiger partial charge in [-0.25, -0.2) is 0 Å². The number of alkyl halides is 3. The molecule has 0 aliphatic heterocycles. The number of halogens is 4. The lowest BCUT2D eigenvalue weighted by Gasteiger charge is -2.18. The van der Waals surface area contributed by atoms with Gasteiger partial charge in [-0.15, -0.1) is 0 Å². The van der Waals surface area contributed by atoms with Gasteiger partial charge in [-0.1, -0.05) is 11.6 Å². The highest BCUT2D eigenvalue weighted by atomic mass is 35.5. The molecule has 0 aliphatic rings. The second kappa shape index (κ2) is 6.31. The van der Waals surface area contributed by atoms with E-state index in [1.165, 1.54) is 19.2 Å². The van der Waals surface area contributed by atoms with Crippen LogP contribution in [0.25, 0.3) is 0 Å². The second-order valence-corrected chi connectivity index (χ2v) is 4.09. The Bertz CT molecular complexity index is 440. The third kappa shape index (κ3) is 4.15. The zero-order valence-electron chi connectivity index (χ0n) is 10.00. The van der Waals surface area contributed by atoms with Crippen LogP contribution in [0.5, 0.6) is 11.5 Å². The Morgan fingerprint density at radius 2 is 2.05 bits per heavy atom. The van der Waals surface area contributed by atoms with Crippen LogP contribution in [0, 0.1) is 0 Å². The van der Waals surface area contributed by atoms with Crippen LogP contribution in [0.3, 0.4) is 0 Å². The van der Waals surface area contributed by atoms with Gasteiger partial charge in [0.05, 0.1) is 12.1 Å². The Kier molecular flexibility index (Phi) is 5.28. The van der Waals surface area contributed by atoms with E-state index in [1.54, 1.807) is 0 Å². The van der Waals surface area contributed by atoms with Crippen LogP contribution >= 0.6 is 11.6 Å². The van der Waals surface area contributed by atoms with Gasteiger partial charge < -0.3 is 20.3 Å². The zero-order chi connectivity index (χ0) is 14.6. The number of nitrogens with two attached hydrogens (primary N) is 1. The van der Waals surface area contributed by atoms with Gasteiger partial charge in [0.25, 0.3) is 0 Å². The maximum Gasteiger partial charge on any atom is 0.417 e. The van der Waals surface area contributed by atoms with Crippen molar-refractivity contribution in [2.45, 2.75) is 18.8 Å². The topological polar surface area (TPSA) is 64.7 Å². The molecule has 0 fully saturated rings. The minimum absolute atomic E-state index is 0.0641. The third-order valence-electron chi connectivity index (χ3n) is 2.29.